The number of carboxylic acid groups (broad SMARTS) is 1. The lowest BCUT2D eigenvalue weighted by atomic mass is 10.2. The van der Waals surface area contributed by atoms with E-state index in [2.05, 4.69) is 5.32 Å². The van der Waals surface area contributed by atoms with Crippen LogP contribution in [0.15, 0.2) is 0 Å². The highest BCUT2D eigenvalue weighted by atomic mass is 16.4. The fourth-order valence-corrected chi connectivity index (χ4v) is 1.74. The van der Waals surface area contributed by atoms with Gasteiger partial charge in [0, 0.05) is 20.0 Å². The van der Waals surface area contributed by atoms with Crippen molar-refractivity contribution in [1.29, 1.82) is 0 Å². The van der Waals surface area contributed by atoms with E-state index in [4.69, 9.17) is 10.2 Å². The molecule has 4 amide bonds. The molecule has 0 radical (unpaired) electrons. The number of likely N-dealkylation sites (N-methyl/N-ethyl adjacent to an activating group) is 1. The maximum atomic E-state index is 11.5. The molecule has 0 unspecified atom stereocenters. The molecule has 1 atom stereocenters. The van der Waals surface area contributed by atoms with E-state index in [1.807, 2.05) is 0 Å². The molecule has 1 fully saturated rings. The van der Waals surface area contributed by atoms with E-state index in [-0.39, 0.29) is 31.8 Å². The number of nitrogens with one attached hydrogen (secondary N) is 1. The number of aliphatic hydroxyl groups is 1. The van der Waals surface area contributed by atoms with E-state index >= 15 is 0 Å². The first-order chi connectivity index (χ1) is 9.36. The maximum absolute atomic E-state index is 11.5. The Hall–Kier alpha value is -2.16. The third-order valence-corrected chi connectivity index (χ3v) is 2.83. The van der Waals surface area contributed by atoms with Crippen molar-refractivity contribution in [3.8, 4) is 0 Å². The van der Waals surface area contributed by atoms with Crippen LogP contribution in [-0.4, -0.2) is 76.6 Å². The molecule has 0 aromatic rings. The van der Waals surface area contributed by atoms with Crippen molar-refractivity contribution in [3.05, 3.63) is 0 Å². The van der Waals surface area contributed by atoms with Crippen molar-refractivity contribution in [3.63, 3.8) is 0 Å². The fourth-order valence-electron chi connectivity index (χ4n) is 1.74. The molecule has 1 saturated heterocycles. The monoisotopic (exact) mass is 287 g/mol. The van der Waals surface area contributed by atoms with E-state index in [1.54, 1.807) is 0 Å². The van der Waals surface area contributed by atoms with Gasteiger partial charge in [0.05, 0.1) is 6.61 Å². The molecular weight excluding hydrogens is 270 g/mol. The molecule has 0 aliphatic carbocycles. The van der Waals surface area contributed by atoms with Gasteiger partial charge in [0.25, 0.3) is 0 Å². The average molecular weight is 287 g/mol. The molecule has 9 heteroatoms. The van der Waals surface area contributed by atoms with Crippen LogP contribution in [0.2, 0.25) is 0 Å². The Bertz CT molecular complexity index is 424. The molecule has 20 heavy (non-hydrogen) atoms. The number of urea groups is 1. The SMILES string of the molecule is CN1CC(=O)N(CCCC(=O)N[C@H](CO)C(=O)O)C1=O. The Morgan fingerprint density at radius 3 is 2.50 bits per heavy atom. The standard InChI is InChI=1S/C11H17N3O6/c1-13-5-9(17)14(11(13)20)4-2-3-8(16)12-7(6-15)10(18)19/h7,15H,2-6H2,1H3,(H,12,16)(H,18,19)/t7-/m1/s1. The Labute approximate surface area is 115 Å². The number of nitrogens with zero attached hydrogens (tertiary/aromatic N) is 2. The molecule has 1 aliphatic rings. The third kappa shape index (κ3) is 3.92. The molecule has 112 valence electrons. The number of hydrogen-bond acceptors (Lipinski definition) is 5. The number of imide groups is 1. The van der Waals surface area contributed by atoms with Crippen LogP contribution >= 0.6 is 0 Å². The second kappa shape index (κ2) is 6.85. The minimum absolute atomic E-state index is 0.0244. The number of carbonyl (C=O) groups is 4. The highest BCUT2D eigenvalue weighted by Crippen LogP contribution is 2.09. The molecule has 0 bridgehead atoms. The summed E-state index contributed by atoms with van der Waals surface area (Å²) in [4.78, 5) is 47.3. The van der Waals surface area contributed by atoms with Crippen molar-refractivity contribution < 1.29 is 29.4 Å². The molecule has 0 saturated carbocycles. The third-order valence-electron chi connectivity index (χ3n) is 2.83. The Morgan fingerprint density at radius 1 is 1.40 bits per heavy atom. The highest BCUT2D eigenvalue weighted by molar-refractivity contribution is 6.01. The Morgan fingerprint density at radius 2 is 2.05 bits per heavy atom. The summed E-state index contributed by atoms with van der Waals surface area (Å²) in [5.41, 5.74) is 0. The average Bonchev–Trinajstić information content (AvgIpc) is 2.61. The summed E-state index contributed by atoms with van der Waals surface area (Å²) in [5.74, 6) is -2.21. The maximum Gasteiger partial charge on any atom is 0.328 e. The second-order valence-corrected chi connectivity index (χ2v) is 4.43. The minimum atomic E-state index is -1.34. The normalized spacial score (nSPS) is 16.5. The van der Waals surface area contributed by atoms with Crippen LogP contribution in [-0.2, 0) is 14.4 Å². The zero-order chi connectivity index (χ0) is 15.3. The summed E-state index contributed by atoms with van der Waals surface area (Å²) in [6.45, 7) is -0.572. The molecule has 1 aliphatic heterocycles. The number of carbonyl (C=O) groups excluding carboxylic acids is 3. The Balaban J connectivity index is 2.34. The molecule has 1 rings (SSSR count). The van der Waals surface area contributed by atoms with Crippen molar-refractivity contribution >= 4 is 23.8 Å². The summed E-state index contributed by atoms with van der Waals surface area (Å²) >= 11 is 0. The van der Waals surface area contributed by atoms with E-state index in [0.29, 0.717) is 0 Å². The van der Waals surface area contributed by atoms with E-state index in [0.717, 1.165) is 4.90 Å². The van der Waals surface area contributed by atoms with Crippen LogP contribution in [0.25, 0.3) is 0 Å². The van der Waals surface area contributed by atoms with Crippen molar-refractivity contribution in [2.45, 2.75) is 18.9 Å². The van der Waals surface area contributed by atoms with Gasteiger partial charge in [0.2, 0.25) is 11.8 Å². The van der Waals surface area contributed by atoms with Crippen LogP contribution < -0.4 is 5.32 Å². The quantitative estimate of drug-likeness (QED) is 0.475. The smallest absolute Gasteiger partial charge is 0.328 e. The highest BCUT2D eigenvalue weighted by Gasteiger charge is 2.32. The predicted octanol–water partition coefficient (Wildman–Crippen LogP) is -1.78. The lowest BCUT2D eigenvalue weighted by molar-refractivity contribution is -0.142. The zero-order valence-electron chi connectivity index (χ0n) is 11.0. The summed E-state index contributed by atoms with van der Waals surface area (Å²) < 4.78 is 0. The lowest BCUT2D eigenvalue weighted by Crippen LogP contribution is -2.43. The van der Waals surface area contributed by atoms with Gasteiger partial charge in [0.1, 0.15) is 12.6 Å². The number of rotatable bonds is 7. The molecule has 0 aromatic carbocycles. The van der Waals surface area contributed by atoms with Crippen molar-refractivity contribution in [1.82, 2.24) is 15.1 Å². The summed E-state index contributed by atoms with van der Waals surface area (Å²) in [5, 5.41) is 19.5. The summed E-state index contributed by atoms with van der Waals surface area (Å²) in [7, 11) is 1.51. The number of aliphatic carboxylic acids is 1. The molecular formula is C11H17N3O6. The van der Waals surface area contributed by atoms with Crippen LogP contribution in [0.1, 0.15) is 12.8 Å². The fraction of sp³-hybridized carbons (Fsp3) is 0.636. The topological polar surface area (TPSA) is 127 Å². The first kappa shape index (κ1) is 15.9. The van der Waals surface area contributed by atoms with Gasteiger partial charge in [-0.3, -0.25) is 14.5 Å². The predicted molar refractivity (Wildman–Crippen MR) is 65.6 cm³/mol. The van der Waals surface area contributed by atoms with Crippen LogP contribution in [0, 0.1) is 0 Å². The van der Waals surface area contributed by atoms with Gasteiger partial charge < -0.3 is 20.4 Å². The number of carboxylic acids is 1. The molecule has 3 N–H and O–H groups in total. The molecule has 0 aromatic heterocycles. The molecule has 0 spiro atoms. The number of amides is 4. The van der Waals surface area contributed by atoms with Gasteiger partial charge in [-0.15, -0.1) is 0 Å². The first-order valence-corrected chi connectivity index (χ1v) is 6.05. The molecule has 9 nitrogen and oxygen atoms in total. The largest absolute Gasteiger partial charge is 0.480 e. The first-order valence-electron chi connectivity index (χ1n) is 6.05. The van der Waals surface area contributed by atoms with Gasteiger partial charge in [-0.25, -0.2) is 9.59 Å². The van der Waals surface area contributed by atoms with Crippen LogP contribution in [0.5, 0.6) is 0 Å². The molecule has 1 heterocycles. The minimum Gasteiger partial charge on any atom is -0.480 e. The van der Waals surface area contributed by atoms with Gasteiger partial charge in [-0.05, 0) is 6.42 Å². The van der Waals surface area contributed by atoms with E-state index < -0.39 is 30.6 Å². The summed E-state index contributed by atoms with van der Waals surface area (Å²) in [6, 6.07) is -1.75. The number of aliphatic hydroxyl groups excluding tert-OH is 1. The second-order valence-electron chi connectivity index (χ2n) is 4.43. The zero-order valence-corrected chi connectivity index (χ0v) is 11.0. The van der Waals surface area contributed by atoms with Crippen molar-refractivity contribution in [2.75, 3.05) is 26.7 Å². The Kier molecular flexibility index (Phi) is 5.44. The van der Waals surface area contributed by atoms with Crippen LogP contribution in [0.4, 0.5) is 4.79 Å². The van der Waals surface area contributed by atoms with Gasteiger partial charge in [-0.1, -0.05) is 0 Å². The van der Waals surface area contributed by atoms with Crippen molar-refractivity contribution in [2.24, 2.45) is 0 Å². The number of hydrogen-bond donors (Lipinski definition) is 3. The summed E-state index contributed by atoms with van der Waals surface area (Å²) in [6.07, 6.45) is 0.194. The van der Waals surface area contributed by atoms with E-state index in [1.165, 1.54) is 11.9 Å². The lowest BCUT2D eigenvalue weighted by Gasteiger charge is -2.14. The van der Waals surface area contributed by atoms with Gasteiger partial charge in [0.15, 0.2) is 0 Å². The van der Waals surface area contributed by atoms with E-state index in [9.17, 15) is 19.2 Å². The van der Waals surface area contributed by atoms with Gasteiger partial charge in [-0.2, -0.15) is 0 Å². The van der Waals surface area contributed by atoms with Crippen LogP contribution in [0.3, 0.4) is 0 Å². The van der Waals surface area contributed by atoms with Gasteiger partial charge >= 0.3 is 12.0 Å².